The van der Waals surface area contributed by atoms with E-state index in [4.69, 9.17) is 5.73 Å². The molecule has 3 N–H and O–H groups in total. The van der Waals surface area contributed by atoms with Gasteiger partial charge in [-0.15, -0.1) is 0 Å². The van der Waals surface area contributed by atoms with Crippen LogP contribution in [0, 0.1) is 20.8 Å². The summed E-state index contributed by atoms with van der Waals surface area (Å²) in [5.41, 5.74) is 11.3. The maximum Gasteiger partial charge on any atom is 0.152 e. The molecular formula is C15H22N4. The van der Waals surface area contributed by atoms with Gasteiger partial charge in [0, 0.05) is 11.7 Å². The average Bonchev–Trinajstić information content (AvgIpc) is 2.62. The highest BCUT2D eigenvalue weighted by Gasteiger charge is 2.14. The highest BCUT2D eigenvalue weighted by molar-refractivity contribution is 5.71. The van der Waals surface area contributed by atoms with Crippen molar-refractivity contribution in [3.63, 3.8) is 0 Å². The fourth-order valence-electron chi connectivity index (χ4n) is 2.01. The van der Waals surface area contributed by atoms with Crippen LogP contribution >= 0.6 is 0 Å². The van der Waals surface area contributed by atoms with Crippen molar-refractivity contribution in [2.24, 2.45) is 0 Å². The van der Waals surface area contributed by atoms with Gasteiger partial charge in [0.2, 0.25) is 0 Å². The first kappa shape index (κ1) is 13.5. The van der Waals surface area contributed by atoms with E-state index in [0.29, 0.717) is 5.69 Å². The van der Waals surface area contributed by atoms with Crippen LogP contribution in [0.15, 0.2) is 18.2 Å². The number of nitrogens with one attached hydrogen (secondary N) is 1. The first-order valence-electron chi connectivity index (χ1n) is 6.59. The Morgan fingerprint density at radius 3 is 2.42 bits per heavy atom. The van der Waals surface area contributed by atoms with Crippen molar-refractivity contribution in [2.45, 2.75) is 40.7 Å². The summed E-state index contributed by atoms with van der Waals surface area (Å²) < 4.78 is 1.93. The molecule has 0 aliphatic heterocycles. The molecular weight excluding hydrogens is 236 g/mol. The lowest BCUT2D eigenvalue weighted by atomic mass is 10.1. The number of aromatic nitrogens is 2. The second kappa shape index (κ2) is 4.96. The lowest BCUT2D eigenvalue weighted by molar-refractivity contribution is 0.536. The minimum absolute atomic E-state index is 0.269. The number of nitrogen functional groups attached to an aromatic ring is 1. The van der Waals surface area contributed by atoms with Gasteiger partial charge in [0.05, 0.1) is 11.4 Å². The average molecular weight is 258 g/mol. The highest BCUT2D eigenvalue weighted by atomic mass is 15.4. The van der Waals surface area contributed by atoms with E-state index in [2.05, 4.69) is 56.3 Å². The van der Waals surface area contributed by atoms with E-state index in [9.17, 15) is 0 Å². The molecule has 19 heavy (non-hydrogen) atoms. The molecule has 0 radical (unpaired) electrons. The summed E-state index contributed by atoms with van der Waals surface area (Å²) in [6.07, 6.45) is 0. The van der Waals surface area contributed by atoms with Gasteiger partial charge in [-0.25, -0.2) is 4.68 Å². The minimum Gasteiger partial charge on any atom is -0.394 e. The molecule has 2 aromatic rings. The number of anilines is 3. The Kier molecular flexibility index (Phi) is 3.51. The molecule has 0 bridgehead atoms. The topological polar surface area (TPSA) is 55.9 Å². The summed E-state index contributed by atoms with van der Waals surface area (Å²) in [4.78, 5) is 0. The zero-order valence-electron chi connectivity index (χ0n) is 12.3. The summed E-state index contributed by atoms with van der Waals surface area (Å²) in [7, 11) is 0. The number of nitrogens with two attached hydrogens (primary N) is 1. The molecule has 1 aromatic carbocycles. The normalized spacial score (nSPS) is 11.1. The van der Waals surface area contributed by atoms with Crippen molar-refractivity contribution in [3.05, 3.63) is 35.0 Å². The molecule has 0 aliphatic rings. The van der Waals surface area contributed by atoms with E-state index in [1.807, 2.05) is 11.6 Å². The standard InChI is InChI=1S/C15H22N4/c1-9(2)19-15(14(16)12(5)18-19)17-13-7-6-10(3)11(4)8-13/h6-9,17H,16H2,1-5H3. The molecule has 1 heterocycles. The molecule has 0 aliphatic carbocycles. The predicted octanol–water partition coefficient (Wildman–Crippen LogP) is 3.72. The summed E-state index contributed by atoms with van der Waals surface area (Å²) in [5, 5.41) is 7.86. The van der Waals surface area contributed by atoms with Crippen LogP contribution in [0.25, 0.3) is 0 Å². The quantitative estimate of drug-likeness (QED) is 0.882. The van der Waals surface area contributed by atoms with Crippen LogP contribution in [0.5, 0.6) is 0 Å². The third kappa shape index (κ3) is 2.57. The summed E-state index contributed by atoms with van der Waals surface area (Å²) in [6, 6.07) is 6.57. The molecule has 0 saturated heterocycles. The lowest BCUT2D eigenvalue weighted by Gasteiger charge is -2.14. The molecule has 2 rings (SSSR count). The van der Waals surface area contributed by atoms with Crippen LogP contribution < -0.4 is 11.1 Å². The number of hydrogen-bond acceptors (Lipinski definition) is 3. The first-order valence-corrected chi connectivity index (χ1v) is 6.59. The van der Waals surface area contributed by atoms with Crippen LogP contribution in [-0.2, 0) is 0 Å². The molecule has 0 atom stereocenters. The Hall–Kier alpha value is -1.97. The predicted molar refractivity (Wildman–Crippen MR) is 81.0 cm³/mol. The summed E-state index contributed by atoms with van der Waals surface area (Å²) in [6.45, 7) is 10.3. The van der Waals surface area contributed by atoms with Gasteiger partial charge in [-0.2, -0.15) is 5.10 Å². The maximum atomic E-state index is 6.11. The molecule has 0 fully saturated rings. The van der Waals surface area contributed by atoms with Crippen LogP contribution in [0.4, 0.5) is 17.2 Å². The van der Waals surface area contributed by atoms with Crippen LogP contribution in [-0.4, -0.2) is 9.78 Å². The monoisotopic (exact) mass is 258 g/mol. The summed E-state index contributed by atoms with van der Waals surface area (Å²) >= 11 is 0. The second-order valence-electron chi connectivity index (χ2n) is 5.31. The van der Waals surface area contributed by atoms with Gasteiger partial charge in [0.1, 0.15) is 0 Å². The third-order valence-electron chi connectivity index (χ3n) is 3.39. The lowest BCUT2D eigenvalue weighted by Crippen LogP contribution is -2.08. The molecule has 0 spiro atoms. The van der Waals surface area contributed by atoms with E-state index < -0.39 is 0 Å². The van der Waals surface area contributed by atoms with Crippen LogP contribution in [0.1, 0.15) is 36.7 Å². The maximum absolute atomic E-state index is 6.11. The first-order chi connectivity index (χ1) is 8.90. The Morgan fingerprint density at radius 2 is 1.84 bits per heavy atom. The van der Waals surface area contributed by atoms with Crippen molar-refractivity contribution in [1.29, 1.82) is 0 Å². The van der Waals surface area contributed by atoms with Crippen LogP contribution in [0.2, 0.25) is 0 Å². The van der Waals surface area contributed by atoms with E-state index in [1.54, 1.807) is 0 Å². The van der Waals surface area contributed by atoms with E-state index in [-0.39, 0.29) is 6.04 Å². The Bertz CT molecular complexity index is 596. The van der Waals surface area contributed by atoms with Gasteiger partial charge < -0.3 is 11.1 Å². The van der Waals surface area contributed by atoms with Gasteiger partial charge in [-0.1, -0.05) is 6.07 Å². The van der Waals surface area contributed by atoms with Crippen LogP contribution in [0.3, 0.4) is 0 Å². The number of aryl methyl sites for hydroxylation is 3. The molecule has 0 saturated carbocycles. The fourth-order valence-corrected chi connectivity index (χ4v) is 2.01. The number of nitrogens with zero attached hydrogens (tertiary/aromatic N) is 2. The third-order valence-corrected chi connectivity index (χ3v) is 3.39. The molecule has 102 valence electrons. The Morgan fingerprint density at radius 1 is 1.16 bits per heavy atom. The molecule has 1 aromatic heterocycles. The number of rotatable bonds is 3. The zero-order chi connectivity index (χ0) is 14.2. The minimum atomic E-state index is 0.269. The van der Waals surface area contributed by atoms with Gasteiger partial charge in [0.15, 0.2) is 5.82 Å². The largest absolute Gasteiger partial charge is 0.394 e. The Labute approximate surface area is 114 Å². The smallest absolute Gasteiger partial charge is 0.152 e. The number of benzene rings is 1. The number of hydrogen-bond donors (Lipinski definition) is 2. The molecule has 4 heteroatoms. The van der Waals surface area contributed by atoms with Crippen molar-refractivity contribution >= 4 is 17.2 Å². The van der Waals surface area contributed by atoms with E-state index >= 15 is 0 Å². The van der Waals surface area contributed by atoms with Crippen molar-refractivity contribution < 1.29 is 0 Å². The Balaban J connectivity index is 2.40. The molecule has 4 nitrogen and oxygen atoms in total. The van der Waals surface area contributed by atoms with Gasteiger partial charge in [0.25, 0.3) is 0 Å². The van der Waals surface area contributed by atoms with Crippen molar-refractivity contribution in [1.82, 2.24) is 9.78 Å². The molecule has 0 unspecified atom stereocenters. The van der Waals surface area contributed by atoms with Gasteiger partial charge >= 0.3 is 0 Å². The second-order valence-corrected chi connectivity index (χ2v) is 5.31. The van der Waals surface area contributed by atoms with Crippen molar-refractivity contribution in [2.75, 3.05) is 11.1 Å². The highest BCUT2D eigenvalue weighted by Crippen LogP contribution is 2.29. The zero-order valence-corrected chi connectivity index (χ0v) is 12.3. The van der Waals surface area contributed by atoms with E-state index in [0.717, 1.165) is 17.2 Å². The summed E-state index contributed by atoms with van der Waals surface area (Å²) in [5.74, 6) is 0.871. The van der Waals surface area contributed by atoms with Gasteiger partial charge in [-0.3, -0.25) is 0 Å². The SMILES string of the molecule is Cc1ccc(Nc2c(N)c(C)nn2C(C)C)cc1C. The molecule has 0 amide bonds. The van der Waals surface area contributed by atoms with E-state index in [1.165, 1.54) is 11.1 Å². The van der Waals surface area contributed by atoms with Gasteiger partial charge in [-0.05, 0) is 57.9 Å². The fraction of sp³-hybridized carbons (Fsp3) is 0.400. The van der Waals surface area contributed by atoms with Crippen molar-refractivity contribution in [3.8, 4) is 0 Å².